The molecule has 0 aromatic heterocycles. The van der Waals surface area contributed by atoms with Gasteiger partial charge in [0, 0.05) is 24.1 Å². The van der Waals surface area contributed by atoms with Crippen molar-refractivity contribution in [1.82, 2.24) is 0 Å². The van der Waals surface area contributed by atoms with Crippen molar-refractivity contribution >= 4 is 0 Å². The molecule has 1 aromatic carbocycles. The Bertz CT molecular complexity index is 529. The van der Waals surface area contributed by atoms with Gasteiger partial charge in [-0.1, -0.05) is 0 Å². The van der Waals surface area contributed by atoms with Crippen LogP contribution in [0.2, 0.25) is 0 Å². The number of rotatable bonds is 2. The highest BCUT2D eigenvalue weighted by Gasteiger charge is 2.22. The van der Waals surface area contributed by atoms with Crippen LogP contribution in [0.1, 0.15) is 5.56 Å². The lowest BCUT2D eigenvalue weighted by Gasteiger charge is -2.20. The van der Waals surface area contributed by atoms with Crippen molar-refractivity contribution in [3.8, 4) is 23.3 Å². The van der Waals surface area contributed by atoms with E-state index < -0.39 is 0 Å². The van der Waals surface area contributed by atoms with Crippen molar-refractivity contribution in [1.29, 1.82) is 5.26 Å². The Morgan fingerprint density at radius 2 is 2.12 bits per heavy atom. The number of nitrogens with two attached hydrogens (primary N) is 1. The van der Waals surface area contributed by atoms with Crippen molar-refractivity contribution in [2.75, 3.05) is 14.2 Å². The highest BCUT2D eigenvalue weighted by Crippen LogP contribution is 2.38. The fourth-order valence-corrected chi connectivity index (χ4v) is 1.70. The van der Waals surface area contributed by atoms with Crippen molar-refractivity contribution in [2.45, 2.75) is 6.42 Å². The molecule has 0 unspecified atom stereocenters. The number of allylic oxidation sites excluding steroid dienone is 1. The summed E-state index contributed by atoms with van der Waals surface area (Å²) in [6.07, 6.45) is 0.408. The summed E-state index contributed by atoms with van der Waals surface area (Å²) in [5.74, 6) is 1.95. The van der Waals surface area contributed by atoms with Crippen LogP contribution in [0.5, 0.6) is 17.2 Å². The fourth-order valence-electron chi connectivity index (χ4n) is 1.70. The number of hydrogen-bond donors (Lipinski definition) is 1. The van der Waals surface area contributed by atoms with Gasteiger partial charge in [0.05, 0.1) is 19.8 Å². The van der Waals surface area contributed by atoms with Crippen LogP contribution in [-0.2, 0) is 6.42 Å². The second kappa shape index (κ2) is 4.26. The van der Waals surface area contributed by atoms with Crippen molar-refractivity contribution in [3.05, 3.63) is 29.2 Å². The zero-order chi connectivity index (χ0) is 12.4. The van der Waals surface area contributed by atoms with E-state index in [9.17, 15) is 0 Å². The molecule has 0 spiro atoms. The second-order valence-corrected chi connectivity index (χ2v) is 3.54. The van der Waals surface area contributed by atoms with Crippen LogP contribution in [0.3, 0.4) is 0 Å². The third kappa shape index (κ3) is 1.85. The van der Waals surface area contributed by atoms with Crippen LogP contribution >= 0.6 is 0 Å². The Kier molecular flexibility index (Phi) is 2.79. The average molecular weight is 232 g/mol. The lowest BCUT2D eigenvalue weighted by molar-refractivity contribution is 0.363. The first-order chi connectivity index (χ1) is 8.19. The monoisotopic (exact) mass is 232 g/mol. The SMILES string of the molecule is COc1cc(OC)c2c(c1)OC(N)=C(C#N)C2. The lowest BCUT2D eigenvalue weighted by atomic mass is 10.0. The molecule has 0 saturated heterocycles. The molecule has 0 bridgehead atoms. The first kappa shape index (κ1) is 11.1. The smallest absolute Gasteiger partial charge is 0.205 e. The number of fused-ring (bicyclic) bond motifs is 1. The van der Waals surface area contributed by atoms with Crippen LogP contribution in [0.4, 0.5) is 0 Å². The zero-order valence-corrected chi connectivity index (χ0v) is 9.61. The number of hydrogen-bond acceptors (Lipinski definition) is 5. The van der Waals surface area contributed by atoms with Gasteiger partial charge in [0.15, 0.2) is 0 Å². The van der Waals surface area contributed by atoms with E-state index in [0.29, 0.717) is 29.2 Å². The number of methoxy groups -OCH3 is 2. The maximum atomic E-state index is 8.92. The minimum absolute atomic E-state index is 0.135. The molecule has 5 heteroatoms. The first-order valence-electron chi connectivity index (χ1n) is 5.01. The van der Waals surface area contributed by atoms with Crippen molar-refractivity contribution in [2.24, 2.45) is 5.73 Å². The molecule has 17 heavy (non-hydrogen) atoms. The minimum Gasteiger partial charge on any atom is -0.496 e. The molecule has 1 aliphatic rings. The van der Waals surface area contributed by atoms with Gasteiger partial charge in [-0.15, -0.1) is 0 Å². The standard InChI is InChI=1S/C12H12N2O3/c1-15-8-4-10(16-2)9-3-7(6-13)12(14)17-11(9)5-8/h4-5H,3,14H2,1-2H3. The molecule has 0 fully saturated rings. The fraction of sp³-hybridized carbons (Fsp3) is 0.250. The zero-order valence-electron chi connectivity index (χ0n) is 9.61. The van der Waals surface area contributed by atoms with Gasteiger partial charge in [-0.2, -0.15) is 5.26 Å². The van der Waals surface area contributed by atoms with Gasteiger partial charge >= 0.3 is 0 Å². The predicted octanol–water partition coefficient (Wildman–Crippen LogP) is 1.33. The molecule has 0 aliphatic carbocycles. The molecule has 5 nitrogen and oxygen atoms in total. The van der Waals surface area contributed by atoms with Crippen LogP contribution in [0.25, 0.3) is 0 Å². The minimum atomic E-state index is 0.135. The summed E-state index contributed by atoms with van der Waals surface area (Å²) in [6, 6.07) is 5.49. The van der Waals surface area contributed by atoms with Crippen LogP contribution in [0, 0.1) is 11.3 Å². The van der Waals surface area contributed by atoms with E-state index >= 15 is 0 Å². The van der Waals surface area contributed by atoms with Crippen LogP contribution in [-0.4, -0.2) is 14.2 Å². The molecule has 2 N–H and O–H groups in total. The maximum absolute atomic E-state index is 8.92. The van der Waals surface area contributed by atoms with Gasteiger partial charge in [0.2, 0.25) is 5.88 Å². The number of nitriles is 1. The van der Waals surface area contributed by atoms with E-state index in [1.54, 1.807) is 26.4 Å². The topological polar surface area (TPSA) is 77.5 Å². The van der Waals surface area contributed by atoms with E-state index in [0.717, 1.165) is 5.56 Å². The molecule has 1 heterocycles. The summed E-state index contributed by atoms with van der Waals surface area (Å²) >= 11 is 0. The van der Waals surface area contributed by atoms with Gasteiger partial charge < -0.3 is 19.9 Å². The summed E-state index contributed by atoms with van der Waals surface area (Å²) in [7, 11) is 3.12. The Morgan fingerprint density at radius 1 is 1.35 bits per heavy atom. The summed E-state index contributed by atoms with van der Waals surface area (Å²) in [4.78, 5) is 0. The Morgan fingerprint density at radius 3 is 2.71 bits per heavy atom. The van der Waals surface area contributed by atoms with Crippen molar-refractivity contribution in [3.63, 3.8) is 0 Å². The highest BCUT2D eigenvalue weighted by molar-refractivity contribution is 5.55. The number of ether oxygens (including phenoxy) is 3. The molecule has 0 saturated carbocycles. The summed E-state index contributed by atoms with van der Waals surface area (Å²) < 4.78 is 15.8. The Balaban J connectivity index is 2.52. The van der Waals surface area contributed by atoms with E-state index in [-0.39, 0.29) is 5.88 Å². The van der Waals surface area contributed by atoms with Crippen LogP contribution < -0.4 is 19.9 Å². The third-order valence-electron chi connectivity index (χ3n) is 2.60. The number of benzene rings is 1. The van der Waals surface area contributed by atoms with Gasteiger partial charge in [-0.05, 0) is 0 Å². The van der Waals surface area contributed by atoms with Crippen molar-refractivity contribution < 1.29 is 14.2 Å². The maximum Gasteiger partial charge on any atom is 0.205 e. The highest BCUT2D eigenvalue weighted by atomic mass is 16.5. The van der Waals surface area contributed by atoms with E-state index in [4.69, 9.17) is 25.2 Å². The summed E-state index contributed by atoms with van der Waals surface area (Å²) in [6.45, 7) is 0. The van der Waals surface area contributed by atoms with Gasteiger partial charge in [0.25, 0.3) is 0 Å². The molecule has 1 aliphatic heterocycles. The Hall–Kier alpha value is -2.35. The Labute approximate surface area is 99.0 Å². The number of nitrogens with zero attached hydrogens (tertiary/aromatic N) is 1. The second-order valence-electron chi connectivity index (χ2n) is 3.54. The van der Waals surface area contributed by atoms with E-state index in [2.05, 4.69) is 0 Å². The molecule has 0 radical (unpaired) electrons. The quantitative estimate of drug-likeness (QED) is 0.832. The molecule has 0 atom stereocenters. The van der Waals surface area contributed by atoms with Gasteiger partial charge in [-0.3, -0.25) is 0 Å². The summed E-state index contributed by atoms with van der Waals surface area (Å²) in [5, 5.41) is 8.92. The van der Waals surface area contributed by atoms with E-state index in [1.807, 2.05) is 6.07 Å². The van der Waals surface area contributed by atoms with Gasteiger partial charge in [0.1, 0.15) is 23.3 Å². The van der Waals surface area contributed by atoms with Crippen LogP contribution in [0.15, 0.2) is 23.6 Å². The molecular formula is C12H12N2O3. The molecule has 2 rings (SSSR count). The normalized spacial score (nSPS) is 13.5. The first-order valence-corrected chi connectivity index (χ1v) is 5.01. The lowest BCUT2D eigenvalue weighted by Crippen LogP contribution is -2.17. The molecule has 88 valence electrons. The molecule has 0 amide bonds. The summed E-state index contributed by atoms with van der Waals surface area (Å²) in [5.41, 5.74) is 6.85. The molecule has 1 aromatic rings. The van der Waals surface area contributed by atoms with Gasteiger partial charge in [-0.25, -0.2) is 0 Å². The third-order valence-corrected chi connectivity index (χ3v) is 2.60. The molecular weight excluding hydrogens is 220 g/mol. The average Bonchev–Trinajstić information content (AvgIpc) is 2.36. The predicted molar refractivity (Wildman–Crippen MR) is 60.7 cm³/mol. The largest absolute Gasteiger partial charge is 0.496 e. The van der Waals surface area contributed by atoms with E-state index in [1.165, 1.54) is 0 Å².